The number of methoxy groups -OCH3 is 1. The zero-order valence-corrected chi connectivity index (χ0v) is 21.0. The first-order valence-corrected chi connectivity index (χ1v) is 12.4. The number of nitrogens with one attached hydrogen (secondary N) is 2. The Bertz CT molecular complexity index is 1320. The summed E-state index contributed by atoms with van der Waals surface area (Å²) in [5.41, 5.74) is 5.43. The smallest absolute Gasteiger partial charge is 0.163 e. The lowest BCUT2D eigenvalue weighted by Crippen LogP contribution is -2.26. The largest absolute Gasteiger partial charge is 0.493 e. The summed E-state index contributed by atoms with van der Waals surface area (Å²) < 4.78 is 11.2. The van der Waals surface area contributed by atoms with E-state index in [9.17, 15) is 4.79 Å². The molecule has 180 valence electrons. The first kappa shape index (κ1) is 23.6. The van der Waals surface area contributed by atoms with Crippen LogP contribution in [-0.2, 0) is 4.79 Å². The molecular weight excluding hydrogens is 483 g/mol. The van der Waals surface area contributed by atoms with Crippen LogP contribution in [0.2, 0.25) is 10.0 Å². The summed E-state index contributed by atoms with van der Waals surface area (Å²) in [6, 6.07) is 19.1. The third-order valence-electron chi connectivity index (χ3n) is 6.54. The van der Waals surface area contributed by atoms with Gasteiger partial charge in [-0.3, -0.25) is 4.79 Å². The normalized spacial score (nSPS) is 19.1. The van der Waals surface area contributed by atoms with Gasteiger partial charge in [0.1, 0.15) is 0 Å². The van der Waals surface area contributed by atoms with Crippen LogP contribution in [0.1, 0.15) is 42.9 Å². The zero-order valence-electron chi connectivity index (χ0n) is 19.5. The van der Waals surface area contributed by atoms with Gasteiger partial charge in [-0.05, 0) is 66.8 Å². The van der Waals surface area contributed by atoms with Crippen LogP contribution in [0.5, 0.6) is 11.5 Å². The zero-order chi connectivity index (χ0) is 24.5. The number of rotatable bonds is 5. The van der Waals surface area contributed by atoms with Crippen molar-refractivity contribution in [1.29, 1.82) is 0 Å². The van der Waals surface area contributed by atoms with E-state index < -0.39 is 0 Å². The highest BCUT2D eigenvalue weighted by molar-refractivity contribution is 6.42. The molecule has 0 aromatic heterocycles. The molecule has 1 heterocycles. The van der Waals surface area contributed by atoms with Gasteiger partial charge in [0.2, 0.25) is 0 Å². The van der Waals surface area contributed by atoms with E-state index in [4.69, 9.17) is 32.7 Å². The van der Waals surface area contributed by atoms with Gasteiger partial charge in [-0.2, -0.15) is 0 Å². The van der Waals surface area contributed by atoms with Crippen LogP contribution < -0.4 is 20.1 Å². The van der Waals surface area contributed by atoms with Crippen molar-refractivity contribution in [3.63, 3.8) is 0 Å². The Balaban J connectivity index is 1.57. The fraction of sp³-hybridized carbons (Fsp3) is 0.250. The van der Waals surface area contributed by atoms with Gasteiger partial charge in [0.05, 0.1) is 41.2 Å². The molecule has 5 nitrogen and oxygen atoms in total. The van der Waals surface area contributed by atoms with Gasteiger partial charge < -0.3 is 20.1 Å². The van der Waals surface area contributed by atoms with Crippen molar-refractivity contribution < 1.29 is 14.3 Å². The second-order valence-corrected chi connectivity index (χ2v) is 9.50. The summed E-state index contributed by atoms with van der Waals surface area (Å²) in [4.78, 5) is 13.7. The first-order valence-electron chi connectivity index (χ1n) is 11.6. The van der Waals surface area contributed by atoms with Crippen LogP contribution in [0.25, 0.3) is 0 Å². The Kier molecular flexibility index (Phi) is 6.63. The monoisotopic (exact) mass is 508 g/mol. The predicted molar refractivity (Wildman–Crippen MR) is 141 cm³/mol. The van der Waals surface area contributed by atoms with Crippen molar-refractivity contribution in [3.05, 3.63) is 93.1 Å². The Hall–Kier alpha value is -3.15. The number of anilines is 2. The molecular formula is C28H26Cl2N2O3. The predicted octanol–water partition coefficient (Wildman–Crippen LogP) is 7.38. The summed E-state index contributed by atoms with van der Waals surface area (Å²) in [7, 11) is 1.63. The van der Waals surface area contributed by atoms with E-state index in [1.165, 1.54) is 0 Å². The van der Waals surface area contributed by atoms with Crippen LogP contribution >= 0.6 is 23.2 Å². The lowest BCUT2D eigenvalue weighted by Gasteiger charge is -2.30. The Morgan fingerprint density at radius 1 is 0.914 bits per heavy atom. The van der Waals surface area contributed by atoms with Gasteiger partial charge in [-0.25, -0.2) is 0 Å². The number of Topliss-reactive ketones (excluding diaryl/α,β-unsaturated/α-hetero) is 1. The van der Waals surface area contributed by atoms with Crippen LogP contribution in [0.3, 0.4) is 0 Å². The van der Waals surface area contributed by atoms with E-state index in [2.05, 4.69) is 10.6 Å². The first-order chi connectivity index (χ1) is 17.0. The van der Waals surface area contributed by atoms with E-state index >= 15 is 0 Å². The van der Waals surface area contributed by atoms with Gasteiger partial charge in [-0.15, -0.1) is 0 Å². The molecule has 0 radical (unpaired) electrons. The van der Waals surface area contributed by atoms with Crippen LogP contribution in [0.15, 0.2) is 71.9 Å². The van der Waals surface area contributed by atoms with Crippen molar-refractivity contribution in [3.8, 4) is 11.5 Å². The Morgan fingerprint density at radius 2 is 1.69 bits per heavy atom. The molecule has 7 heteroatoms. The minimum absolute atomic E-state index is 0.0121. The lowest BCUT2D eigenvalue weighted by atomic mass is 9.78. The summed E-state index contributed by atoms with van der Waals surface area (Å²) in [6.45, 7) is 2.50. The fourth-order valence-electron chi connectivity index (χ4n) is 4.88. The minimum atomic E-state index is -0.348. The maximum absolute atomic E-state index is 13.7. The van der Waals surface area contributed by atoms with E-state index in [1.54, 1.807) is 13.2 Å². The maximum atomic E-state index is 13.7. The Labute approximate surface area is 215 Å². The average molecular weight is 509 g/mol. The SMILES string of the molecule is CCOc1ccc([C@@H]2CC(=O)C3=C(C2)Nc2ccccc2N[C@@H]3c2ccc(Cl)c(Cl)c2)cc1OC. The number of hydrogen-bond donors (Lipinski definition) is 2. The molecule has 3 aromatic carbocycles. The number of halogens is 2. The molecule has 1 aliphatic carbocycles. The highest BCUT2D eigenvalue weighted by atomic mass is 35.5. The molecule has 3 aromatic rings. The van der Waals surface area contributed by atoms with E-state index in [-0.39, 0.29) is 17.7 Å². The molecule has 2 aliphatic rings. The highest BCUT2D eigenvalue weighted by Crippen LogP contribution is 2.45. The van der Waals surface area contributed by atoms with Gasteiger partial charge >= 0.3 is 0 Å². The minimum Gasteiger partial charge on any atom is -0.493 e. The fourth-order valence-corrected chi connectivity index (χ4v) is 5.19. The van der Waals surface area contributed by atoms with Crippen molar-refractivity contribution in [1.82, 2.24) is 0 Å². The number of hydrogen-bond acceptors (Lipinski definition) is 5. The van der Waals surface area contributed by atoms with E-state index in [0.29, 0.717) is 41.0 Å². The molecule has 1 aliphatic heterocycles. The van der Waals surface area contributed by atoms with Crippen molar-refractivity contribution >= 4 is 40.4 Å². The molecule has 0 amide bonds. The number of carbonyl (C=O) groups is 1. The van der Waals surface area contributed by atoms with Gasteiger partial charge in [0.25, 0.3) is 0 Å². The molecule has 0 spiro atoms. The van der Waals surface area contributed by atoms with Crippen molar-refractivity contribution in [2.24, 2.45) is 0 Å². The molecule has 35 heavy (non-hydrogen) atoms. The average Bonchev–Trinajstić information content (AvgIpc) is 3.03. The highest BCUT2D eigenvalue weighted by Gasteiger charge is 2.36. The van der Waals surface area contributed by atoms with Crippen LogP contribution in [0, 0.1) is 0 Å². The second-order valence-electron chi connectivity index (χ2n) is 8.69. The van der Waals surface area contributed by atoms with Gasteiger partial charge in [-0.1, -0.05) is 47.5 Å². The summed E-state index contributed by atoms with van der Waals surface area (Å²) in [5.74, 6) is 1.48. The molecule has 0 saturated carbocycles. The molecule has 0 unspecified atom stereocenters. The number of allylic oxidation sites excluding steroid dienone is 1. The molecule has 2 N–H and O–H groups in total. The van der Waals surface area contributed by atoms with Gasteiger partial charge in [0, 0.05) is 17.7 Å². The number of ketones is 1. The summed E-state index contributed by atoms with van der Waals surface area (Å²) >= 11 is 12.5. The standard InChI is InChI=1S/C28H26Cl2N2O3/c1-3-35-25-11-9-16(15-26(25)34-2)18-13-23-27(24(33)14-18)28(17-8-10-19(29)20(30)12-17)32-22-7-5-4-6-21(22)31-23/h4-12,15,18,28,31-32H,3,13-14H2,1-2H3/t18-,28+/m0/s1. The summed E-state index contributed by atoms with van der Waals surface area (Å²) in [5, 5.41) is 8.07. The molecule has 0 fully saturated rings. The van der Waals surface area contributed by atoms with Crippen molar-refractivity contribution in [2.75, 3.05) is 24.4 Å². The van der Waals surface area contributed by atoms with Crippen LogP contribution in [-0.4, -0.2) is 19.5 Å². The molecule has 0 bridgehead atoms. The third kappa shape index (κ3) is 4.58. The van der Waals surface area contributed by atoms with Crippen LogP contribution in [0.4, 0.5) is 11.4 Å². The number of para-hydroxylation sites is 2. The van der Waals surface area contributed by atoms with E-state index in [1.807, 2.05) is 61.5 Å². The molecule has 0 saturated heterocycles. The number of carbonyl (C=O) groups excluding carboxylic acids is 1. The molecule has 5 rings (SSSR count). The topological polar surface area (TPSA) is 59.6 Å². The maximum Gasteiger partial charge on any atom is 0.163 e. The van der Waals surface area contributed by atoms with Gasteiger partial charge in [0.15, 0.2) is 17.3 Å². The lowest BCUT2D eigenvalue weighted by molar-refractivity contribution is -0.116. The quantitative estimate of drug-likeness (QED) is 0.376. The third-order valence-corrected chi connectivity index (χ3v) is 7.28. The second kappa shape index (κ2) is 9.84. The number of ether oxygens (including phenoxy) is 2. The number of benzene rings is 3. The Morgan fingerprint density at radius 3 is 2.43 bits per heavy atom. The van der Waals surface area contributed by atoms with Crippen molar-refractivity contribution in [2.45, 2.75) is 31.7 Å². The molecule has 2 atom stereocenters. The summed E-state index contributed by atoms with van der Waals surface area (Å²) in [6.07, 6.45) is 1.08. The van der Waals surface area contributed by atoms with E-state index in [0.717, 1.165) is 33.8 Å². The number of fused-ring (bicyclic) bond motifs is 1.